The number of anilines is 1. The molecule has 0 unspecified atom stereocenters. The van der Waals surface area contributed by atoms with Crippen molar-refractivity contribution in [2.24, 2.45) is 7.05 Å². The molecule has 1 aliphatic rings. The van der Waals surface area contributed by atoms with Crippen molar-refractivity contribution < 1.29 is 14.3 Å². The number of hydrogen-bond donors (Lipinski definition) is 1. The topological polar surface area (TPSA) is 82.4 Å². The predicted octanol–water partition coefficient (Wildman–Crippen LogP) is 4.26. The number of rotatable bonds is 7. The average molecular weight is 466 g/mol. The van der Waals surface area contributed by atoms with E-state index in [-0.39, 0.29) is 17.9 Å². The molecule has 172 valence electrons. The van der Waals surface area contributed by atoms with Gasteiger partial charge in [0, 0.05) is 30.7 Å². The number of hydrogen-bond acceptors (Lipinski definition) is 6. The zero-order chi connectivity index (χ0) is 23.5. The fourth-order valence-electron chi connectivity index (χ4n) is 4.11. The van der Waals surface area contributed by atoms with Gasteiger partial charge in [0.1, 0.15) is 5.82 Å². The largest absolute Gasteiger partial charge is 0.493 e. The van der Waals surface area contributed by atoms with Gasteiger partial charge in [0.05, 0.1) is 19.3 Å². The third kappa shape index (κ3) is 4.48. The number of aromatic nitrogens is 2. The molecule has 33 heavy (non-hydrogen) atoms. The second kappa shape index (κ2) is 9.70. The zero-order valence-electron chi connectivity index (χ0n) is 19.2. The second-order valence-corrected chi connectivity index (χ2v) is 8.80. The SMILES string of the molecule is CCOc1c(OC)cccc1[C@@H]1CC(=O)Nc2c1c(=O)nc(SCc1ccccc1C)n2C. The summed E-state index contributed by atoms with van der Waals surface area (Å²) in [7, 11) is 3.39. The summed E-state index contributed by atoms with van der Waals surface area (Å²) in [6.07, 6.45) is 0.132. The molecule has 3 aromatic rings. The first-order valence-electron chi connectivity index (χ1n) is 10.8. The molecule has 1 aliphatic heterocycles. The number of para-hydroxylation sites is 1. The van der Waals surface area contributed by atoms with Crippen LogP contribution in [0.3, 0.4) is 0 Å². The molecule has 0 bridgehead atoms. The quantitative estimate of drug-likeness (QED) is 0.415. The summed E-state index contributed by atoms with van der Waals surface area (Å²) in [4.78, 5) is 30.4. The van der Waals surface area contributed by atoms with Crippen LogP contribution in [0.2, 0.25) is 0 Å². The molecule has 0 spiro atoms. The maximum atomic E-state index is 13.3. The van der Waals surface area contributed by atoms with E-state index in [1.807, 2.05) is 38.2 Å². The van der Waals surface area contributed by atoms with Crippen LogP contribution in [-0.4, -0.2) is 29.2 Å². The lowest BCUT2D eigenvalue weighted by Crippen LogP contribution is -2.33. The minimum absolute atomic E-state index is 0.132. The van der Waals surface area contributed by atoms with E-state index in [0.29, 0.717) is 40.4 Å². The zero-order valence-corrected chi connectivity index (χ0v) is 20.0. The summed E-state index contributed by atoms with van der Waals surface area (Å²) in [5.41, 5.74) is 3.22. The molecule has 4 rings (SSSR count). The Morgan fingerprint density at radius 3 is 2.70 bits per heavy atom. The van der Waals surface area contributed by atoms with E-state index in [1.165, 1.54) is 22.9 Å². The maximum absolute atomic E-state index is 13.3. The van der Waals surface area contributed by atoms with Crippen LogP contribution in [0.25, 0.3) is 0 Å². The van der Waals surface area contributed by atoms with Crippen molar-refractivity contribution in [3.8, 4) is 11.5 Å². The summed E-state index contributed by atoms with van der Waals surface area (Å²) in [6, 6.07) is 13.6. The normalized spacial score (nSPS) is 15.0. The van der Waals surface area contributed by atoms with E-state index in [1.54, 1.807) is 17.7 Å². The number of fused-ring (bicyclic) bond motifs is 1. The number of thioether (sulfide) groups is 1. The van der Waals surface area contributed by atoms with Crippen LogP contribution in [0.15, 0.2) is 52.4 Å². The number of methoxy groups -OCH3 is 1. The van der Waals surface area contributed by atoms with Crippen LogP contribution in [-0.2, 0) is 17.6 Å². The van der Waals surface area contributed by atoms with E-state index >= 15 is 0 Å². The fourth-order valence-corrected chi connectivity index (χ4v) is 5.15. The first-order valence-corrected chi connectivity index (χ1v) is 11.8. The number of carbonyl (C=O) groups is 1. The lowest BCUT2D eigenvalue weighted by atomic mass is 9.86. The summed E-state index contributed by atoms with van der Waals surface area (Å²) >= 11 is 1.47. The summed E-state index contributed by atoms with van der Waals surface area (Å²) in [5.74, 6) is 1.63. The van der Waals surface area contributed by atoms with Crippen molar-refractivity contribution in [2.75, 3.05) is 19.0 Å². The van der Waals surface area contributed by atoms with E-state index in [0.717, 1.165) is 5.56 Å². The Labute approximate surface area is 197 Å². The molecule has 7 nitrogen and oxygen atoms in total. The predicted molar refractivity (Wildman–Crippen MR) is 129 cm³/mol. The van der Waals surface area contributed by atoms with Gasteiger partial charge in [-0.1, -0.05) is 48.2 Å². The summed E-state index contributed by atoms with van der Waals surface area (Å²) in [6.45, 7) is 4.38. The van der Waals surface area contributed by atoms with Crippen LogP contribution >= 0.6 is 11.8 Å². The van der Waals surface area contributed by atoms with Gasteiger partial charge in [-0.3, -0.25) is 9.59 Å². The molecule has 0 fully saturated rings. The Kier molecular flexibility index (Phi) is 6.74. The number of ether oxygens (including phenoxy) is 2. The van der Waals surface area contributed by atoms with E-state index in [9.17, 15) is 9.59 Å². The first kappa shape index (κ1) is 22.9. The minimum atomic E-state index is -0.480. The molecule has 2 heterocycles. The Balaban J connectivity index is 1.77. The van der Waals surface area contributed by atoms with Gasteiger partial charge in [0.25, 0.3) is 5.56 Å². The molecule has 0 radical (unpaired) electrons. The van der Waals surface area contributed by atoms with Crippen LogP contribution in [0.5, 0.6) is 11.5 Å². The van der Waals surface area contributed by atoms with Crippen LogP contribution in [0, 0.1) is 6.92 Å². The van der Waals surface area contributed by atoms with E-state index < -0.39 is 5.92 Å². The Morgan fingerprint density at radius 1 is 1.18 bits per heavy atom. The lowest BCUT2D eigenvalue weighted by molar-refractivity contribution is -0.116. The molecule has 0 saturated heterocycles. The maximum Gasteiger partial charge on any atom is 0.279 e. The smallest absolute Gasteiger partial charge is 0.279 e. The molecular formula is C25H27N3O4S. The third-order valence-corrected chi connectivity index (χ3v) is 6.89. The lowest BCUT2D eigenvalue weighted by Gasteiger charge is -2.29. The van der Waals surface area contributed by atoms with Gasteiger partial charge in [-0.05, 0) is 31.0 Å². The van der Waals surface area contributed by atoms with Gasteiger partial charge >= 0.3 is 0 Å². The van der Waals surface area contributed by atoms with Crippen molar-refractivity contribution in [1.29, 1.82) is 0 Å². The highest BCUT2D eigenvalue weighted by Gasteiger charge is 2.34. The van der Waals surface area contributed by atoms with Crippen molar-refractivity contribution in [3.05, 3.63) is 75.1 Å². The van der Waals surface area contributed by atoms with Gasteiger partial charge in [-0.2, -0.15) is 4.98 Å². The van der Waals surface area contributed by atoms with Gasteiger partial charge in [0.2, 0.25) is 5.91 Å². The Bertz CT molecular complexity index is 1250. The summed E-state index contributed by atoms with van der Waals surface area (Å²) < 4.78 is 13.1. The monoisotopic (exact) mass is 465 g/mol. The molecule has 1 atom stereocenters. The molecule has 1 aromatic heterocycles. The molecule has 2 aromatic carbocycles. The van der Waals surface area contributed by atoms with Gasteiger partial charge < -0.3 is 19.4 Å². The number of amides is 1. The summed E-state index contributed by atoms with van der Waals surface area (Å²) in [5, 5.41) is 3.45. The van der Waals surface area contributed by atoms with E-state index in [2.05, 4.69) is 29.4 Å². The number of aryl methyl sites for hydroxylation is 1. The number of benzene rings is 2. The van der Waals surface area contributed by atoms with Crippen molar-refractivity contribution in [1.82, 2.24) is 9.55 Å². The van der Waals surface area contributed by atoms with Crippen LogP contribution in [0.4, 0.5) is 5.82 Å². The van der Waals surface area contributed by atoms with Gasteiger partial charge in [0.15, 0.2) is 16.7 Å². The number of carbonyl (C=O) groups excluding carboxylic acids is 1. The highest BCUT2D eigenvalue weighted by Crippen LogP contribution is 2.43. The first-order chi connectivity index (χ1) is 15.9. The molecular weight excluding hydrogens is 438 g/mol. The molecule has 0 saturated carbocycles. The van der Waals surface area contributed by atoms with Gasteiger partial charge in [-0.15, -0.1) is 0 Å². The second-order valence-electron chi connectivity index (χ2n) is 7.85. The van der Waals surface area contributed by atoms with Crippen molar-refractivity contribution >= 4 is 23.5 Å². The minimum Gasteiger partial charge on any atom is -0.493 e. The van der Waals surface area contributed by atoms with Gasteiger partial charge in [-0.25, -0.2) is 0 Å². The van der Waals surface area contributed by atoms with Crippen molar-refractivity contribution in [2.45, 2.75) is 37.1 Å². The molecule has 1 N–H and O–H groups in total. The fraction of sp³-hybridized carbons (Fsp3) is 0.320. The molecule has 8 heteroatoms. The molecule has 0 aliphatic carbocycles. The van der Waals surface area contributed by atoms with Crippen LogP contribution in [0.1, 0.15) is 41.5 Å². The third-order valence-electron chi connectivity index (χ3n) is 5.81. The van der Waals surface area contributed by atoms with E-state index in [4.69, 9.17) is 9.47 Å². The highest BCUT2D eigenvalue weighted by atomic mass is 32.2. The van der Waals surface area contributed by atoms with Crippen molar-refractivity contribution in [3.63, 3.8) is 0 Å². The Hall–Kier alpha value is -3.26. The highest BCUT2D eigenvalue weighted by molar-refractivity contribution is 7.98. The standard InChI is InChI=1S/C25H27N3O4S/c1-5-32-22-17(11-8-12-19(22)31-4)18-13-20(29)26-23-21(18)24(30)27-25(28(23)3)33-14-16-10-7-6-9-15(16)2/h6-12,18H,5,13-14H2,1-4H3,(H,26,29)/t18-/m0/s1. The number of nitrogens with one attached hydrogen (secondary N) is 1. The molecule has 1 amide bonds. The Morgan fingerprint density at radius 2 is 1.97 bits per heavy atom. The van der Waals surface area contributed by atoms with Crippen LogP contribution < -0.4 is 20.3 Å². The number of nitrogens with zero attached hydrogens (tertiary/aromatic N) is 2. The average Bonchev–Trinajstić information content (AvgIpc) is 2.81.